The molecule has 0 fully saturated rings. The Labute approximate surface area is 146 Å². The lowest BCUT2D eigenvalue weighted by atomic mass is 10.1. The number of rotatable bonds is 6. The van der Waals surface area contributed by atoms with Crippen LogP contribution >= 0.6 is 0 Å². The van der Waals surface area contributed by atoms with Gasteiger partial charge in [0.1, 0.15) is 11.5 Å². The van der Waals surface area contributed by atoms with Crippen LogP contribution in [0.4, 0.5) is 4.39 Å². The molecule has 0 spiro atoms. The fraction of sp³-hybridized carbons (Fsp3) is 0.316. The van der Waals surface area contributed by atoms with Gasteiger partial charge in [0, 0.05) is 31.1 Å². The van der Waals surface area contributed by atoms with Crippen LogP contribution in [0, 0.1) is 5.82 Å². The third-order valence-corrected chi connectivity index (χ3v) is 4.09. The van der Waals surface area contributed by atoms with E-state index in [9.17, 15) is 9.18 Å². The molecule has 0 radical (unpaired) electrons. The Hall–Kier alpha value is -2.76. The maximum atomic E-state index is 13.9. The number of amides is 1. The fourth-order valence-electron chi connectivity index (χ4n) is 2.77. The lowest BCUT2D eigenvalue weighted by Crippen LogP contribution is -2.37. The number of carbonyl (C=O) groups excluding carboxylic acids is 1. The van der Waals surface area contributed by atoms with E-state index in [1.54, 1.807) is 36.2 Å². The summed E-state index contributed by atoms with van der Waals surface area (Å²) in [6.45, 7) is 2.38. The van der Waals surface area contributed by atoms with Gasteiger partial charge in [-0.15, -0.1) is 0 Å². The zero-order chi connectivity index (χ0) is 17.6. The Morgan fingerprint density at radius 3 is 2.80 bits per heavy atom. The number of hydrogen-bond acceptors (Lipinski definition) is 4. The van der Waals surface area contributed by atoms with Gasteiger partial charge in [0.05, 0.1) is 12.2 Å². The van der Waals surface area contributed by atoms with Crippen LogP contribution in [0.3, 0.4) is 0 Å². The quantitative estimate of drug-likeness (QED) is 0.811. The van der Waals surface area contributed by atoms with Crippen molar-refractivity contribution in [1.29, 1.82) is 0 Å². The molecule has 25 heavy (non-hydrogen) atoms. The van der Waals surface area contributed by atoms with Gasteiger partial charge < -0.3 is 9.74 Å². The summed E-state index contributed by atoms with van der Waals surface area (Å²) in [7, 11) is 0. The van der Waals surface area contributed by atoms with E-state index in [0.29, 0.717) is 24.9 Å². The van der Waals surface area contributed by atoms with Crippen molar-refractivity contribution in [1.82, 2.24) is 9.88 Å². The molecule has 1 aromatic heterocycles. The van der Waals surface area contributed by atoms with Crippen molar-refractivity contribution in [2.24, 2.45) is 5.16 Å². The van der Waals surface area contributed by atoms with Crippen molar-refractivity contribution in [3.8, 4) is 0 Å². The average Bonchev–Trinajstić information content (AvgIpc) is 3.11. The zero-order valence-corrected chi connectivity index (χ0v) is 14.1. The standard InChI is InChI=1S/C19H20FN3O2/c1-2-19(24)23(12-14-7-3-4-8-16(14)20)13-15-11-18(22-25-15)17-9-5-6-10-21-17/h3-10,15H,2,11-13H2,1H3/t15-/m1/s1. The third-order valence-electron chi connectivity index (χ3n) is 4.09. The molecule has 1 aliphatic heterocycles. The van der Waals surface area contributed by atoms with E-state index in [0.717, 1.165) is 11.4 Å². The second-order valence-electron chi connectivity index (χ2n) is 5.90. The number of halogens is 1. The largest absolute Gasteiger partial charge is 0.390 e. The van der Waals surface area contributed by atoms with Crippen molar-refractivity contribution >= 4 is 11.6 Å². The number of aromatic nitrogens is 1. The van der Waals surface area contributed by atoms with Crippen LogP contribution in [0.2, 0.25) is 0 Å². The normalized spacial score (nSPS) is 16.2. The predicted octanol–water partition coefficient (Wildman–Crippen LogP) is 3.15. The zero-order valence-electron chi connectivity index (χ0n) is 14.1. The molecule has 3 rings (SSSR count). The smallest absolute Gasteiger partial charge is 0.222 e. The lowest BCUT2D eigenvalue weighted by Gasteiger charge is -2.24. The maximum absolute atomic E-state index is 13.9. The van der Waals surface area contributed by atoms with Crippen molar-refractivity contribution < 1.29 is 14.0 Å². The first-order valence-electron chi connectivity index (χ1n) is 8.32. The van der Waals surface area contributed by atoms with Crippen molar-refractivity contribution in [3.05, 3.63) is 65.7 Å². The molecule has 6 heteroatoms. The van der Waals surface area contributed by atoms with Crippen LogP contribution in [0.1, 0.15) is 31.0 Å². The molecule has 5 nitrogen and oxygen atoms in total. The molecule has 2 heterocycles. The molecule has 0 bridgehead atoms. The molecular weight excluding hydrogens is 321 g/mol. The Balaban J connectivity index is 1.66. The highest BCUT2D eigenvalue weighted by atomic mass is 19.1. The van der Waals surface area contributed by atoms with Gasteiger partial charge in [-0.05, 0) is 18.2 Å². The van der Waals surface area contributed by atoms with Gasteiger partial charge in [0.2, 0.25) is 5.91 Å². The van der Waals surface area contributed by atoms with E-state index < -0.39 is 0 Å². The van der Waals surface area contributed by atoms with Gasteiger partial charge in [-0.25, -0.2) is 4.39 Å². The number of pyridine rings is 1. The first-order chi connectivity index (χ1) is 12.2. The average molecular weight is 341 g/mol. The highest BCUT2D eigenvalue weighted by Gasteiger charge is 2.27. The van der Waals surface area contributed by atoms with E-state index in [1.807, 2.05) is 18.2 Å². The van der Waals surface area contributed by atoms with Gasteiger partial charge >= 0.3 is 0 Å². The summed E-state index contributed by atoms with van der Waals surface area (Å²) in [6.07, 6.45) is 2.38. The van der Waals surface area contributed by atoms with Crippen LogP contribution < -0.4 is 0 Å². The van der Waals surface area contributed by atoms with Crippen LogP contribution in [0.15, 0.2) is 53.8 Å². The van der Waals surface area contributed by atoms with Gasteiger partial charge in [-0.3, -0.25) is 9.78 Å². The summed E-state index contributed by atoms with van der Waals surface area (Å²) in [5.41, 5.74) is 2.03. The number of nitrogens with zero attached hydrogens (tertiary/aromatic N) is 3. The fourth-order valence-corrected chi connectivity index (χ4v) is 2.77. The van der Waals surface area contributed by atoms with E-state index >= 15 is 0 Å². The number of benzene rings is 1. The molecule has 1 amide bonds. The number of oxime groups is 1. The van der Waals surface area contributed by atoms with Crippen LogP contribution in [-0.2, 0) is 16.2 Å². The summed E-state index contributed by atoms with van der Waals surface area (Å²) in [6, 6.07) is 12.1. The van der Waals surface area contributed by atoms with Crippen LogP contribution in [0.5, 0.6) is 0 Å². The Morgan fingerprint density at radius 2 is 2.08 bits per heavy atom. The number of hydrogen-bond donors (Lipinski definition) is 0. The Bertz CT molecular complexity index is 764. The lowest BCUT2D eigenvalue weighted by molar-refractivity contribution is -0.133. The SMILES string of the molecule is CCC(=O)N(Cc1ccccc1F)C[C@H]1CC(c2ccccn2)=NO1. The third kappa shape index (κ3) is 4.21. The van der Waals surface area contributed by atoms with E-state index in [1.165, 1.54) is 6.07 Å². The van der Waals surface area contributed by atoms with Crippen molar-refractivity contribution in [2.45, 2.75) is 32.4 Å². The molecule has 0 aliphatic carbocycles. The van der Waals surface area contributed by atoms with E-state index in [-0.39, 0.29) is 24.4 Å². The second kappa shape index (κ2) is 7.88. The minimum Gasteiger partial charge on any atom is -0.390 e. The second-order valence-corrected chi connectivity index (χ2v) is 5.90. The predicted molar refractivity (Wildman–Crippen MR) is 92.4 cm³/mol. The molecule has 0 saturated heterocycles. The highest BCUT2D eigenvalue weighted by Crippen LogP contribution is 2.18. The Morgan fingerprint density at radius 1 is 1.28 bits per heavy atom. The maximum Gasteiger partial charge on any atom is 0.222 e. The van der Waals surface area contributed by atoms with Gasteiger partial charge in [0.25, 0.3) is 0 Å². The molecule has 130 valence electrons. The van der Waals surface area contributed by atoms with Gasteiger partial charge in [-0.1, -0.05) is 36.3 Å². The monoisotopic (exact) mass is 341 g/mol. The molecule has 0 unspecified atom stereocenters. The first-order valence-corrected chi connectivity index (χ1v) is 8.32. The molecule has 0 N–H and O–H groups in total. The molecule has 1 aliphatic rings. The van der Waals surface area contributed by atoms with Gasteiger partial charge in [0.15, 0.2) is 6.10 Å². The molecule has 1 aromatic carbocycles. The molecular formula is C19H20FN3O2. The number of carbonyl (C=O) groups is 1. The van der Waals surface area contributed by atoms with Crippen LogP contribution in [-0.4, -0.2) is 34.2 Å². The van der Waals surface area contributed by atoms with Crippen LogP contribution in [0.25, 0.3) is 0 Å². The van der Waals surface area contributed by atoms with E-state index in [2.05, 4.69) is 10.1 Å². The summed E-state index contributed by atoms with van der Waals surface area (Å²) in [4.78, 5) is 23.6. The van der Waals surface area contributed by atoms with Crippen molar-refractivity contribution in [3.63, 3.8) is 0 Å². The topological polar surface area (TPSA) is 54.8 Å². The summed E-state index contributed by atoms with van der Waals surface area (Å²) >= 11 is 0. The Kier molecular flexibility index (Phi) is 5.38. The van der Waals surface area contributed by atoms with Crippen molar-refractivity contribution in [2.75, 3.05) is 6.54 Å². The molecule has 0 saturated carbocycles. The molecule has 2 aromatic rings. The molecule has 1 atom stereocenters. The van der Waals surface area contributed by atoms with E-state index in [4.69, 9.17) is 4.84 Å². The highest BCUT2D eigenvalue weighted by molar-refractivity contribution is 5.99. The summed E-state index contributed by atoms with van der Waals surface area (Å²) in [5, 5.41) is 4.09. The first kappa shape index (κ1) is 17.1. The summed E-state index contributed by atoms with van der Waals surface area (Å²) < 4.78 is 13.9. The van der Waals surface area contributed by atoms with Gasteiger partial charge in [-0.2, -0.15) is 0 Å². The minimum absolute atomic E-state index is 0.0434. The minimum atomic E-state index is -0.311. The summed E-state index contributed by atoms with van der Waals surface area (Å²) in [5.74, 6) is -0.354.